The monoisotopic (exact) mass is 242 g/mol. The molecule has 1 N–H and O–H groups in total. The number of rotatable bonds is 2. The Bertz CT molecular complexity index is 370. The van der Waals surface area contributed by atoms with Crippen LogP contribution in [0, 0.1) is 5.82 Å². The SMILES string of the molecule is CN1CCCC(Nc2cc(Cl)ccc2F)C1. The van der Waals surface area contributed by atoms with Gasteiger partial charge in [0, 0.05) is 17.6 Å². The average Bonchev–Trinajstić information content (AvgIpc) is 2.24. The molecule has 0 spiro atoms. The van der Waals surface area contributed by atoms with E-state index in [2.05, 4.69) is 17.3 Å². The largest absolute Gasteiger partial charge is 0.379 e. The molecular weight excluding hydrogens is 227 g/mol. The fraction of sp³-hybridized carbons (Fsp3) is 0.500. The standard InChI is InChI=1S/C12H16ClFN2/c1-16-6-2-3-10(8-16)15-12-7-9(13)4-5-11(12)14/h4-5,7,10,15H,2-3,6,8H2,1H3. The second kappa shape index (κ2) is 5.02. The van der Waals surface area contributed by atoms with Crippen molar-refractivity contribution < 1.29 is 4.39 Å². The van der Waals surface area contributed by atoms with Crippen molar-refractivity contribution in [2.45, 2.75) is 18.9 Å². The Morgan fingerprint density at radius 2 is 2.31 bits per heavy atom. The van der Waals surface area contributed by atoms with E-state index in [0.717, 1.165) is 25.9 Å². The van der Waals surface area contributed by atoms with Gasteiger partial charge in [0.2, 0.25) is 0 Å². The molecule has 0 bridgehead atoms. The maximum Gasteiger partial charge on any atom is 0.146 e. The van der Waals surface area contributed by atoms with Crippen molar-refractivity contribution in [1.29, 1.82) is 0 Å². The zero-order valence-electron chi connectivity index (χ0n) is 9.34. The van der Waals surface area contributed by atoms with Gasteiger partial charge in [0.25, 0.3) is 0 Å². The predicted molar refractivity (Wildman–Crippen MR) is 65.6 cm³/mol. The Morgan fingerprint density at radius 3 is 3.06 bits per heavy atom. The molecule has 16 heavy (non-hydrogen) atoms. The van der Waals surface area contributed by atoms with E-state index in [9.17, 15) is 4.39 Å². The Balaban J connectivity index is 2.05. The van der Waals surface area contributed by atoms with Gasteiger partial charge in [0.05, 0.1) is 5.69 Å². The quantitative estimate of drug-likeness (QED) is 0.858. The Hall–Kier alpha value is -0.800. The summed E-state index contributed by atoms with van der Waals surface area (Å²) < 4.78 is 13.5. The Labute approximate surface area is 100 Å². The van der Waals surface area contributed by atoms with E-state index in [-0.39, 0.29) is 5.82 Å². The fourth-order valence-electron chi connectivity index (χ4n) is 2.11. The molecule has 2 rings (SSSR count). The number of nitrogens with one attached hydrogen (secondary N) is 1. The first-order chi connectivity index (χ1) is 7.65. The normalized spacial score (nSPS) is 22.1. The lowest BCUT2D eigenvalue weighted by molar-refractivity contribution is 0.260. The van der Waals surface area contributed by atoms with Crippen LogP contribution in [-0.2, 0) is 0 Å². The van der Waals surface area contributed by atoms with Crippen LogP contribution < -0.4 is 5.32 Å². The van der Waals surface area contributed by atoms with E-state index in [1.165, 1.54) is 6.07 Å². The Morgan fingerprint density at radius 1 is 1.50 bits per heavy atom. The highest BCUT2D eigenvalue weighted by Crippen LogP contribution is 2.22. The molecule has 0 saturated carbocycles. The third-order valence-electron chi connectivity index (χ3n) is 2.91. The van der Waals surface area contributed by atoms with Gasteiger partial charge in [-0.15, -0.1) is 0 Å². The summed E-state index contributed by atoms with van der Waals surface area (Å²) in [5, 5.41) is 3.78. The minimum atomic E-state index is -0.238. The number of halogens is 2. The number of piperidine rings is 1. The van der Waals surface area contributed by atoms with Gasteiger partial charge in [0.1, 0.15) is 5.82 Å². The van der Waals surface area contributed by atoms with Crippen LogP contribution >= 0.6 is 11.6 Å². The van der Waals surface area contributed by atoms with E-state index in [0.29, 0.717) is 16.8 Å². The van der Waals surface area contributed by atoms with Gasteiger partial charge in [-0.2, -0.15) is 0 Å². The van der Waals surface area contributed by atoms with Crippen LogP contribution in [0.3, 0.4) is 0 Å². The maximum absolute atomic E-state index is 13.5. The molecule has 1 aromatic rings. The van der Waals surface area contributed by atoms with Crippen LogP contribution in [0.15, 0.2) is 18.2 Å². The molecule has 4 heteroatoms. The molecule has 1 heterocycles. The Kier molecular flexibility index (Phi) is 3.66. The van der Waals surface area contributed by atoms with E-state index in [1.807, 2.05) is 0 Å². The number of likely N-dealkylation sites (N-methyl/N-ethyl adjacent to an activating group) is 1. The lowest BCUT2D eigenvalue weighted by atomic mass is 10.1. The first-order valence-corrected chi connectivity index (χ1v) is 5.93. The van der Waals surface area contributed by atoms with E-state index < -0.39 is 0 Å². The van der Waals surface area contributed by atoms with Gasteiger partial charge in [-0.3, -0.25) is 0 Å². The summed E-state index contributed by atoms with van der Waals surface area (Å²) >= 11 is 5.85. The number of anilines is 1. The minimum Gasteiger partial charge on any atom is -0.379 e. The molecule has 0 aliphatic carbocycles. The lowest BCUT2D eigenvalue weighted by Gasteiger charge is -2.31. The summed E-state index contributed by atoms with van der Waals surface area (Å²) in [5.74, 6) is -0.238. The third-order valence-corrected chi connectivity index (χ3v) is 3.15. The van der Waals surface area contributed by atoms with E-state index in [1.54, 1.807) is 12.1 Å². The van der Waals surface area contributed by atoms with Gasteiger partial charge < -0.3 is 10.2 Å². The molecule has 1 aliphatic heterocycles. The molecule has 1 aliphatic rings. The van der Waals surface area contributed by atoms with Crippen molar-refractivity contribution in [2.24, 2.45) is 0 Å². The summed E-state index contributed by atoms with van der Waals surface area (Å²) in [6, 6.07) is 4.92. The van der Waals surface area contributed by atoms with Crippen LogP contribution in [-0.4, -0.2) is 31.1 Å². The molecule has 0 aromatic heterocycles. The van der Waals surface area contributed by atoms with Crippen LogP contribution in [0.4, 0.5) is 10.1 Å². The summed E-state index contributed by atoms with van der Waals surface area (Å²) in [5.41, 5.74) is 0.507. The number of hydrogen-bond acceptors (Lipinski definition) is 2. The summed E-state index contributed by atoms with van der Waals surface area (Å²) in [6.07, 6.45) is 2.23. The topological polar surface area (TPSA) is 15.3 Å². The predicted octanol–water partition coefficient (Wildman–Crippen LogP) is 2.99. The first kappa shape index (κ1) is 11.7. The summed E-state index contributed by atoms with van der Waals surface area (Å²) in [7, 11) is 2.09. The minimum absolute atomic E-state index is 0.238. The zero-order chi connectivity index (χ0) is 11.5. The molecule has 1 aromatic carbocycles. The molecule has 88 valence electrons. The summed E-state index contributed by atoms with van der Waals surface area (Å²) in [6.45, 7) is 2.07. The highest BCUT2D eigenvalue weighted by atomic mass is 35.5. The average molecular weight is 243 g/mol. The molecule has 0 amide bonds. The number of nitrogens with zero attached hydrogens (tertiary/aromatic N) is 1. The van der Waals surface area contributed by atoms with Crippen molar-refractivity contribution in [3.63, 3.8) is 0 Å². The van der Waals surface area contributed by atoms with Gasteiger partial charge in [-0.05, 0) is 44.6 Å². The van der Waals surface area contributed by atoms with E-state index >= 15 is 0 Å². The molecule has 1 saturated heterocycles. The second-order valence-corrected chi connectivity index (χ2v) is 4.81. The van der Waals surface area contributed by atoms with E-state index in [4.69, 9.17) is 11.6 Å². The van der Waals surface area contributed by atoms with Gasteiger partial charge in [-0.25, -0.2) is 4.39 Å². The maximum atomic E-state index is 13.5. The highest BCUT2D eigenvalue weighted by Gasteiger charge is 2.17. The van der Waals surface area contributed by atoms with Gasteiger partial charge in [0.15, 0.2) is 0 Å². The van der Waals surface area contributed by atoms with Crippen molar-refractivity contribution >= 4 is 17.3 Å². The van der Waals surface area contributed by atoms with Crippen LogP contribution in [0.25, 0.3) is 0 Å². The fourth-order valence-corrected chi connectivity index (χ4v) is 2.28. The van der Waals surface area contributed by atoms with Crippen molar-refractivity contribution in [2.75, 3.05) is 25.5 Å². The van der Waals surface area contributed by atoms with Gasteiger partial charge >= 0.3 is 0 Å². The first-order valence-electron chi connectivity index (χ1n) is 5.55. The van der Waals surface area contributed by atoms with Crippen LogP contribution in [0.5, 0.6) is 0 Å². The van der Waals surface area contributed by atoms with Crippen molar-refractivity contribution in [3.8, 4) is 0 Å². The van der Waals surface area contributed by atoms with Crippen molar-refractivity contribution in [3.05, 3.63) is 29.0 Å². The lowest BCUT2D eigenvalue weighted by Crippen LogP contribution is -2.39. The summed E-state index contributed by atoms with van der Waals surface area (Å²) in [4.78, 5) is 2.25. The molecular formula is C12H16ClFN2. The van der Waals surface area contributed by atoms with Gasteiger partial charge in [-0.1, -0.05) is 11.6 Å². The van der Waals surface area contributed by atoms with Crippen molar-refractivity contribution in [1.82, 2.24) is 4.90 Å². The molecule has 1 unspecified atom stereocenters. The number of hydrogen-bond donors (Lipinski definition) is 1. The molecule has 0 radical (unpaired) electrons. The molecule has 1 atom stereocenters. The highest BCUT2D eigenvalue weighted by molar-refractivity contribution is 6.30. The number of benzene rings is 1. The van der Waals surface area contributed by atoms with Crippen LogP contribution in [0.1, 0.15) is 12.8 Å². The third kappa shape index (κ3) is 2.86. The zero-order valence-corrected chi connectivity index (χ0v) is 10.1. The molecule has 1 fully saturated rings. The molecule has 2 nitrogen and oxygen atoms in total. The smallest absolute Gasteiger partial charge is 0.146 e. The second-order valence-electron chi connectivity index (χ2n) is 4.37. The van der Waals surface area contributed by atoms with Crippen LogP contribution in [0.2, 0.25) is 5.02 Å². The number of likely N-dealkylation sites (tertiary alicyclic amines) is 1.